The van der Waals surface area contributed by atoms with Crippen molar-refractivity contribution >= 4 is 11.9 Å². The van der Waals surface area contributed by atoms with Gasteiger partial charge in [-0.15, -0.1) is 0 Å². The van der Waals surface area contributed by atoms with Crippen molar-refractivity contribution in [1.29, 1.82) is 0 Å². The molecule has 18 heteroatoms. The van der Waals surface area contributed by atoms with Gasteiger partial charge in [0.05, 0.1) is 33.0 Å². The lowest BCUT2D eigenvalue weighted by molar-refractivity contribution is -0.361. The van der Waals surface area contributed by atoms with Crippen molar-refractivity contribution in [1.82, 2.24) is 0 Å². The van der Waals surface area contributed by atoms with E-state index >= 15 is 0 Å². The quantitative estimate of drug-likeness (QED) is 0.0386. The Morgan fingerprint density at radius 1 is 0.621 bits per heavy atom. The number of ether oxygens (including phenoxy) is 12. The Labute approximate surface area is 380 Å². The molecule has 5 aliphatic rings. The minimum Gasteiger partial charge on any atom is -0.479 e. The van der Waals surface area contributed by atoms with Crippen molar-refractivity contribution in [3.05, 3.63) is 154 Å². The highest BCUT2D eigenvalue weighted by Crippen LogP contribution is 2.45. The summed E-state index contributed by atoms with van der Waals surface area (Å²) < 4.78 is 76.2. The zero-order chi connectivity index (χ0) is 45.4. The number of esters is 1. The Morgan fingerprint density at radius 2 is 1.14 bits per heavy atom. The van der Waals surface area contributed by atoms with Crippen LogP contribution in [-0.4, -0.2) is 122 Å². The van der Waals surface area contributed by atoms with Crippen molar-refractivity contribution in [3.63, 3.8) is 0 Å². The largest absolute Gasteiger partial charge is 0.479 e. The summed E-state index contributed by atoms with van der Waals surface area (Å²) in [7, 11) is 0. The summed E-state index contributed by atoms with van der Waals surface area (Å²) in [6.07, 6.45) is -14.3. The normalized spacial score (nSPS) is 33.3. The molecule has 15 atom stereocenters. The van der Waals surface area contributed by atoms with Crippen molar-refractivity contribution in [2.75, 3.05) is 13.2 Å². The average Bonchev–Trinajstić information content (AvgIpc) is 4.03. The first-order valence-corrected chi connectivity index (χ1v) is 21.9. The number of rotatable bonds is 20. The molecular formula is C48H51N3O15. The van der Waals surface area contributed by atoms with E-state index in [-0.39, 0.29) is 51.8 Å². The van der Waals surface area contributed by atoms with Gasteiger partial charge in [0.1, 0.15) is 73.7 Å². The van der Waals surface area contributed by atoms with Crippen molar-refractivity contribution in [2.45, 2.75) is 125 Å². The summed E-state index contributed by atoms with van der Waals surface area (Å²) in [5.41, 5.74) is 13.3. The minimum absolute atomic E-state index is 0.00724. The number of fused-ring (bicyclic) bond motifs is 4. The minimum atomic E-state index is -1.78. The zero-order valence-corrected chi connectivity index (χ0v) is 36.0. The molecule has 2 bridgehead atoms. The first-order chi connectivity index (χ1) is 32.3. The highest BCUT2D eigenvalue weighted by Gasteiger charge is 2.64. The predicted octanol–water partition coefficient (Wildman–Crippen LogP) is 5.40. The fraction of sp³-hybridized carbons (Fsp3) is 0.458. The fourth-order valence-corrected chi connectivity index (χ4v) is 8.70. The van der Waals surface area contributed by atoms with E-state index in [2.05, 4.69) is 10.0 Å². The average molecular weight is 910 g/mol. The number of epoxide rings is 1. The van der Waals surface area contributed by atoms with Gasteiger partial charge in [0.15, 0.2) is 25.0 Å². The van der Waals surface area contributed by atoms with Gasteiger partial charge >= 0.3 is 11.9 Å². The highest BCUT2D eigenvalue weighted by atomic mass is 16.8. The molecule has 0 aromatic heterocycles. The molecule has 1 N–H and O–H groups in total. The van der Waals surface area contributed by atoms with Crippen LogP contribution in [0.5, 0.6) is 0 Å². The van der Waals surface area contributed by atoms with Crippen LogP contribution < -0.4 is 0 Å². The van der Waals surface area contributed by atoms with Gasteiger partial charge in [0, 0.05) is 11.8 Å². The number of azide groups is 1. The van der Waals surface area contributed by atoms with Crippen molar-refractivity contribution < 1.29 is 71.5 Å². The molecule has 0 spiro atoms. The van der Waals surface area contributed by atoms with E-state index in [0.29, 0.717) is 0 Å². The van der Waals surface area contributed by atoms with E-state index in [9.17, 15) is 20.2 Å². The number of carbonyl (C=O) groups excluding carboxylic acids is 1. The van der Waals surface area contributed by atoms with Crippen LogP contribution >= 0.6 is 0 Å². The summed E-state index contributed by atoms with van der Waals surface area (Å²) >= 11 is 0. The summed E-state index contributed by atoms with van der Waals surface area (Å²) in [5.74, 6) is -2.00. The number of nitrogens with zero attached hydrogens (tertiary/aromatic N) is 3. The van der Waals surface area contributed by atoms with E-state index in [1.807, 2.05) is 121 Å². The smallest absolute Gasteiger partial charge is 0.335 e. The van der Waals surface area contributed by atoms with Crippen molar-refractivity contribution in [2.24, 2.45) is 5.11 Å². The summed E-state index contributed by atoms with van der Waals surface area (Å²) in [6.45, 7) is 1.36. The maximum absolute atomic E-state index is 13.5. The lowest BCUT2D eigenvalue weighted by Crippen LogP contribution is -2.67. The Hall–Kier alpha value is -5.31. The fourth-order valence-electron chi connectivity index (χ4n) is 8.70. The molecule has 5 heterocycles. The molecule has 4 aromatic rings. The third kappa shape index (κ3) is 10.9. The van der Waals surface area contributed by atoms with Crippen LogP contribution in [0.3, 0.4) is 0 Å². The molecule has 5 aliphatic heterocycles. The van der Waals surface area contributed by atoms with Crippen molar-refractivity contribution in [3.8, 4) is 0 Å². The van der Waals surface area contributed by atoms with Gasteiger partial charge < -0.3 is 61.9 Å². The van der Waals surface area contributed by atoms with Gasteiger partial charge in [-0.25, -0.2) is 4.79 Å². The van der Waals surface area contributed by atoms with Crippen LogP contribution in [0.2, 0.25) is 0 Å². The lowest BCUT2D eigenvalue weighted by Gasteiger charge is -2.49. The molecule has 9 rings (SSSR count). The summed E-state index contributed by atoms with van der Waals surface area (Å²) in [6, 6.07) is 36.1. The third-order valence-electron chi connectivity index (χ3n) is 12.0. The number of hydrogen-bond acceptors (Lipinski definition) is 15. The molecule has 0 radical (unpaired) electrons. The first-order valence-electron chi connectivity index (χ1n) is 21.9. The molecule has 0 saturated carbocycles. The van der Waals surface area contributed by atoms with E-state index in [0.717, 1.165) is 22.3 Å². The molecule has 5 fully saturated rings. The van der Waals surface area contributed by atoms with Gasteiger partial charge in [-0.1, -0.05) is 126 Å². The Bertz CT molecular complexity index is 2240. The van der Waals surface area contributed by atoms with Gasteiger partial charge in [0.25, 0.3) is 0 Å². The van der Waals surface area contributed by atoms with Crippen LogP contribution in [0, 0.1) is 0 Å². The highest BCUT2D eigenvalue weighted by molar-refractivity contribution is 5.73. The molecular weight excluding hydrogens is 859 g/mol. The summed E-state index contributed by atoms with van der Waals surface area (Å²) in [5, 5.41) is 15.2. The second kappa shape index (κ2) is 21.5. The SMILES string of the molecule is CC(=O)OC[C@H]1O[C@H](O[C@H]2[C@H](OCc3ccccc3)[C@@H](OCc3ccccc3)[C@H](O[C@@H]3[C@@H]4O[C@@H]4[C@@H]4OC[C@H]3O4)O[C@@H]2C(=O)O)[C@H](N=[N+]=[N-])[C@@H](OCc2ccccc2)[C@@H]1OCc1ccccc1. The Kier molecular flexibility index (Phi) is 15.0. The van der Waals surface area contributed by atoms with Gasteiger partial charge in [-0.3, -0.25) is 4.79 Å². The first kappa shape index (κ1) is 45.8. The van der Waals surface area contributed by atoms with E-state index in [1.165, 1.54) is 6.92 Å². The molecule has 66 heavy (non-hydrogen) atoms. The van der Waals surface area contributed by atoms with Gasteiger partial charge in [0.2, 0.25) is 0 Å². The maximum atomic E-state index is 13.5. The molecule has 0 amide bonds. The number of carboxylic acid groups (broad SMARTS) is 1. The topological polar surface area (TPSA) is 217 Å². The van der Waals surface area contributed by atoms with Crippen LogP contribution in [0.1, 0.15) is 29.2 Å². The molecule has 0 aliphatic carbocycles. The molecule has 4 aromatic carbocycles. The van der Waals surface area contributed by atoms with Gasteiger partial charge in [-0.2, -0.15) is 0 Å². The maximum Gasteiger partial charge on any atom is 0.335 e. The standard InChI is InChI=1S/C48H51N3O15/c1-28(52)55-26-33-36(56-22-29-14-6-2-7-15-29)38(57-23-30-16-8-3-9-17-30)35(50-51-49)46(61-33)65-41-39(58-24-31-18-10-4-11-19-31)43(59-25-32-20-12-5-13-21-32)48(66-42(41)45(53)54)64-37-34-27-60-47(62-34)44-40(37)63-44/h2-21,33-44,46-48H,22-27H2,1H3,(H,53,54)/t33-,34-,35-,36-,37+,38-,39+,40+,41+,42+,43-,44+,46-,47-,48-/m1/s1. The van der Waals surface area contributed by atoms with Crippen LogP contribution in [0.25, 0.3) is 10.4 Å². The second-order valence-corrected chi connectivity index (χ2v) is 16.5. The number of carbonyl (C=O) groups is 2. The predicted molar refractivity (Wildman–Crippen MR) is 228 cm³/mol. The van der Waals surface area contributed by atoms with Crippen LogP contribution in [0.4, 0.5) is 0 Å². The molecule has 0 unspecified atom stereocenters. The monoisotopic (exact) mass is 909 g/mol. The van der Waals surface area contributed by atoms with Gasteiger partial charge in [-0.05, 0) is 27.8 Å². The number of benzene rings is 4. The van der Waals surface area contributed by atoms with E-state index in [4.69, 9.17) is 56.8 Å². The zero-order valence-electron chi connectivity index (χ0n) is 36.0. The number of aliphatic carboxylic acids is 1. The number of carboxylic acids is 1. The lowest BCUT2D eigenvalue weighted by atomic mass is 9.94. The second-order valence-electron chi connectivity index (χ2n) is 16.5. The summed E-state index contributed by atoms with van der Waals surface area (Å²) in [4.78, 5) is 29.0. The van der Waals surface area contributed by atoms with Crippen LogP contribution in [0.15, 0.2) is 126 Å². The van der Waals surface area contributed by atoms with E-state index < -0.39 is 91.8 Å². The number of hydrogen-bond donors (Lipinski definition) is 1. The molecule has 18 nitrogen and oxygen atoms in total. The molecule has 348 valence electrons. The molecule has 5 saturated heterocycles. The van der Waals surface area contributed by atoms with Crippen LogP contribution in [-0.2, 0) is 92.9 Å². The Morgan fingerprint density at radius 3 is 1.67 bits per heavy atom. The van der Waals surface area contributed by atoms with E-state index in [1.54, 1.807) is 0 Å². The third-order valence-corrected chi connectivity index (χ3v) is 12.0. The Balaban J connectivity index is 1.08.